The second-order valence-electron chi connectivity index (χ2n) is 3.86. The van der Waals surface area contributed by atoms with Crippen LogP contribution in [-0.2, 0) is 12.0 Å². The van der Waals surface area contributed by atoms with Crippen molar-refractivity contribution in [1.82, 2.24) is 0 Å². The number of fused-ring (bicyclic) bond motifs is 1. The molecule has 0 radical (unpaired) electrons. The van der Waals surface area contributed by atoms with Gasteiger partial charge in [0.05, 0.1) is 0 Å². The van der Waals surface area contributed by atoms with Crippen molar-refractivity contribution in [1.29, 1.82) is 0 Å². The number of hydrogen-bond donors (Lipinski definition) is 2. The van der Waals surface area contributed by atoms with Crippen molar-refractivity contribution < 1.29 is 9.50 Å². The summed E-state index contributed by atoms with van der Waals surface area (Å²) in [7, 11) is 0. The minimum atomic E-state index is -1.02. The molecule has 76 valence electrons. The van der Waals surface area contributed by atoms with Crippen LogP contribution in [0.5, 0.6) is 0 Å². The molecule has 1 aromatic rings. The predicted molar refractivity (Wildman–Crippen MR) is 52.3 cm³/mol. The fraction of sp³-hybridized carbons (Fsp3) is 0.455. The summed E-state index contributed by atoms with van der Waals surface area (Å²) in [6.07, 6.45) is 2.12. The predicted octanol–water partition coefficient (Wildman–Crippen LogP) is 1.31. The monoisotopic (exact) mass is 195 g/mol. The van der Waals surface area contributed by atoms with Gasteiger partial charge in [0.2, 0.25) is 0 Å². The van der Waals surface area contributed by atoms with E-state index in [1.165, 1.54) is 6.07 Å². The average molecular weight is 195 g/mol. The summed E-state index contributed by atoms with van der Waals surface area (Å²) in [6.45, 7) is 0.156. The van der Waals surface area contributed by atoms with Crippen molar-refractivity contribution in [2.75, 3.05) is 6.54 Å². The standard InChI is InChI=1S/C11H14FNO/c12-10-5-1-4-9-8(10)3-2-6-11(9,14)7-13/h1,4-5,14H,2-3,6-7,13H2. The van der Waals surface area contributed by atoms with Crippen molar-refractivity contribution in [2.24, 2.45) is 5.73 Å². The molecule has 0 aliphatic heterocycles. The zero-order valence-corrected chi connectivity index (χ0v) is 7.96. The summed E-state index contributed by atoms with van der Waals surface area (Å²) in [5.41, 5.74) is 5.82. The molecule has 2 rings (SSSR count). The number of rotatable bonds is 1. The van der Waals surface area contributed by atoms with Crippen LogP contribution in [0.15, 0.2) is 18.2 Å². The first-order valence-corrected chi connectivity index (χ1v) is 4.88. The molecule has 14 heavy (non-hydrogen) atoms. The summed E-state index contributed by atoms with van der Waals surface area (Å²) in [5, 5.41) is 10.2. The van der Waals surface area contributed by atoms with Crippen LogP contribution < -0.4 is 5.73 Å². The fourth-order valence-corrected chi connectivity index (χ4v) is 2.15. The Hall–Kier alpha value is -0.930. The van der Waals surface area contributed by atoms with E-state index in [4.69, 9.17) is 5.73 Å². The third kappa shape index (κ3) is 1.33. The first kappa shape index (κ1) is 9.62. The molecule has 0 spiro atoms. The number of nitrogens with two attached hydrogens (primary N) is 1. The Morgan fingerprint density at radius 3 is 3.00 bits per heavy atom. The molecule has 0 saturated carbocycles. The van der Waals surface area contributed by atoms with Gasteiger partial charge < -0.3 is 10.8 Å². The normalized spacial score (nSPS) is 25.9. The summed E-state index contributed by atoms with van der Waals surface area (Å²) in [5.74, 6) is -0.228. The molecule has 1 atom stereocenters. The third-order valence-electron chi connectivity index (χ3n) is 2.98. The highest BCUT2D eigenvalue weighted by Gasteiger charge is 2.33. The largest absolute Gasteiger partial charge is 0.384 e. The van der Waals surface area contributed by atoms with Crippen LogP contribution in [0.4, 0.5) is 4.39 Å². The lowest BCUT2D eigenvalue weighted by Crippen LogP contribution is -2.38. The van der Waals surface area contributed by atoms with Gasteiger partial charge in [-0.25, -0.2) is 4.39 Å². The SMILES string of the molecule is NCC1(O)CCCc2c(F)cccc21. The first-order valence-electron chi connectivity index (χ1n) is 4.88. The van der Waals surface area contributed by atoms with E-state index in [2.05, 4.69) is 0 Å². The van der Waals surface area contributed by atoms with Crippen LogP contribution in [0.1, 0.15) is 24.0 Å². The minimum absolute atomic E-state index is 0.156. The van der Waals surface area contributed by atoms with Crippen LogP contribution in [-0.4, -0.2) is 11.7 Å². The summed E-state index contributed by atoms with van der Waals surface area (Å²) < 4.78 is 13.4. The van der Waals surface area contributed by atoms with E-state index in [0.29, 0.717) is 24.0 Å². The third-order valence-corrected chi connectivity index (χ3v) is 2.98. The van der Waals surface area contributed by atoms with Crippen LogP contribution in [0.3, 0.4) is 0 Å². The van der Waals surface area contributed by atoms with Crippen LogP contribution in [0, 0.1) is 5.82 Å². The van der Waals surface area contributed by atoms with Crippen molar-refractivity contribution in [3.63, 3.8) is 0 Å². The number of hydrogen-bond acceptors (Lipinski definition) is 2. The Bertz CT molecular complexity index is 353. The number of benzene rings is 1. The van der Waals surface area contributed by atoms with Gasteiger partial charge in [-0.3, -0.25) is 0 Å². The van der Waals surface area contributed by atoms with Gasteiger partial charge in [0, 0.05) is 6.54 Å². The zero-order chi connectivity index (χ0) is 10.2. The van der Waals surface area contributed by atoms with Gasteiger partial charge in [-0.15, -0.1) is 0 Å². The first-order chi connectivity index (χ1) is 6.67. The van der Waals surface area contributed by atoms with Gasteiger partial charge in [-0.05, 0) is 36.5 Å². The lowest BCUT2D eigenvalue weighted by Gasteiger charge is -2.33. The highest BCUT2D eigenvalue weighted by atomic mass is 19.1. The van der Waals surface area contributed by atoms with Crippen LogP contribution in [0.2, 0.25) is 0 Å². The van der Waals surface area contributed by atoms with E-state index in [9.17, 15) is 9.50 Å². The van der Waals surface area contributed by atoms with E-state index in [0.717, 1.165) is 6.42 Å². The molecule has 2 nitrogen and oxygen atoms in total. The van der Waals surface area contributed by atoms with Crippen LogP contribution >= 0.6 is 0 Å². The Labute approximate surface area is 82.5 Å². The topological polar surface area (TPSA) is 46.2 Å². The Morgan fingerprint density at radius 1 is 1.50 bits per heavy atom. The highest BCUT2D eigenvalue weighted by molar-refractivity contribution is 5.36. The molecule has 3 N–H and O–H groups in total. The van der Waals surface area contributed by atoms with Crippen molar-refractivity contribution in [2.45, 2.75) is 24.9 Å². The van der Waals surface area contributed by atoms with Gasteiger partial charge in [-0.1, -0.05) is 12.1 Å². The Kier molecular flexibility index (Phi) is 2.29. The van der Waals surface area contributed by atoms with Crippen molar-refractivity contribution in [3.8, 4) is 0 Å². The number of aliphatic hydroxyl groups is 1. The lowest BCUT2D eigenvalue weighted by atomic mass is 9.79. The quantitative estimate of drug-likeness (QED) is 0.709. The average Bonchev–Trinajstić information content (AvgIpc) is 2.20. The molecule has 3 heteroatoms. The van der Waals surface area contributed by atoms with E-state index in [1.54, 1.807) is 12.1 Å². The highest BCUT2D eigenvalue weighted by Crippen LogP contribution is 2.35. The molecule has 1 unspecified atom stereocenters. The maximum atomic E-state index is 13.4. The lowest BCUT2D eigenvalue weighted by molar-refractivity contribution is 0.0273. The van der Waals surface area contributed by atoms with Crippen LogP contribution in [0.25, 0.3) is 0 Å². The Balaban J connectivity index is 2.55. The summed E-state index contributed by atoms with van der Waals surface area (Å²) in [4.78, 5) is 0. The molecule has 1 aliphatic carbocycles. The molecule has 0 amide bonds. The molecule has 1 aromatic carbocycles. The molecule has 1 aliphatic rings. The molecule has 0 fully saturated rings. The molecular formula is C11H14FNO. The summed E-state index contributed by atoms with van der Waals surface area (Å²) >= 11 is 0. The van der Waals surface area contributed by atoms with Gasteiger partial charge in [0.15, 0.2) is 0 Å². The van der Waals surface area contributed by atoms with E-state index < -0.39 is 5.60 Å². The van der Waals surface area contributed by atoms with Crippen molar-refractivity contribution >= 4 is 0 Å². The zero-order valence-electron chi connectivity index (χ0n) is 7.96. The van der Waals surface area contributed by atoms with Gasteiger partial charge in [0.25, 0.3) is 0 Å². The maximum absolute atomic E-state index is 13.4. The van der Waals surface area contributed by atoms with E-state index in [-0.39, 0.29) is 12.4 Å². The molecule has 0 saturated heterocycles. The fourth-order valence-electron chi connectivity index (χ4n) is 2.15. The van der Waals surface area contributed by atoms with Gasteiger partial charge in [0.1, 0.15) is 11.4 Å². The van der Waals surface area contributed by atoms with E-state index >= 15 is 0 Å². The Morgan fingerprint density at radius 2 is 2.29 bits per heavy atom. The van der Waals surface area contributed by atoms with E-state index in [1.807, 2.05) is 0 Å². The molecular weight excluding hydrogens is 181 g/mol. The number of halogens is 1. The minimum Gasteiger partial charge on any atom is -0.384 e. The second kappa shape index (κ2) is 3.33. The van der Waals surface area contributed by atoms with Crippen molar-refractivity contribution in [3.05, 3.63) is 35.1 Å². The maximum Gasteiger partial charge on any atom is 0.126 e. The molecule has 0 bridgehead atoms. The van der Waals surface area contributed by atoms with Gasteiger partial charge >= 0.3 is 0 Å². The summed E-state index contributed by atoms with van der Waals surface area (Å²) in [6, 6.07) is 4.83. The second-order valence-corrected chi connectivity index (χ2v) is 3.86. The van der Waals surface area contributed by atoms with Gasteiger partial charge in [-0.2, -0.15) is 0 Å². The smallest absolute Gasteiger partial charge is 0.126 e. The molecule has 0 heterocycles. The molecule has 0 aromatic heterocycles.